The van der Waals surface area contributed by atoms with E-state index < -0.39 is 27.2 Å². The standard InChI is InChI=1S/C25H21F3N2O2S/c1-33(29,32)24-13-23-16(11-22(24)28)6-7-30(23)25(31)18-8-14-2-3-15(9-17(14)10-18)20-12-19(26)4-5-21(20)27/h2-5,9,11-13,18,29H,6-8,10H2,1H3/t18-,33?/m1/s1. The number of amides is 1. The summed E-state index contributed by atoms with van der Waals surface area (Å²) in [7, 11) is -3.27. The van der Waals surface area contributed by atoms with Gasteiger partial charge in [0, 0.05) is 30.0 Å². The van der Waals surface area contributed by atoms with Gasteiger partial charge >= 0.3 is 0 Å². The number of nitrogens with one attached hydrogen (secondary N) is 1. The molecule has 0 fully saturated rings. The average molecular weight is 471 g/mol. The second-order valence-corrected chi connectivity index (χ2v) is 10.8. The largest absolute Gasteiger partial charge is 0.312 e. The number of hydrogen-bond donors (Lipinski definition) is 1. The molecule has 1 aliphatic heterocycles. The molecule has 170 valence electrons. The summed E-state index contributed by atoms with van der Waals surface area (Å²) in [6.45, 7) is 0.395. The van der Waals surface area contributed by atoms with Crippen LogP contribution in [0.4, 0.5) is 18.9 Å². The monoisotopic (exact) mass is 470 g/mol. The van der Waals surface area contributed by atoms with Crippen molar-refractivity contribution in [1.82, 2.24) is 0 Å². The fraction of sp³-hybridized carbons (Fsp3) is 0.240. The lowest BCUT2D eigenvalue weighted by atomic mass is 10.00. The molecule has 2 atom stereocenters. The SMILES string of the molecule is CS(=N)(=O)c1cc2c(cc1F)CCN2C(=O)[C@@H]1Cc2ccc(-c3cc(F)ccc3F)cc2C1. The van der Waals surface area contributed by atoms with Crippen LogP contribution >= 0.6 is 0 Å². The molecule has 2 aliphatic rings. The fourth-order valence-electron chi connectivity index (χ4n) is 4.81. The minimum Gasteiger partial charge on any atom is -0.312 e. The van der Waals surface area contributed by atoms with Gasteiger partial charge < -0.3 is 4.90 Å². The Morgan fingerprint density at radius 3 is 2.48 bits per heavy atom. The molecule has 1 unspecified atom stereocenters. The number of fused-ring (bicyclic) bond motifs is 2. The van der Waals surface area contributed by atoms with Gasteiger partial charge in [0.15, 0.2) is 0 Å². The second-order valence-electron chi connectivity index (χ2n) is 8.71. The second kappa shape index (κ2) is 7.73. The molecule has 0 bridgehead atoms. The molecule has 3 aromatic rings. The fourth-order valence-corrected chi connectivity index (χ4v) is 5.58. The average Bonchev–Trinajstić information content (AvgIpc) is 3.36. The van der Waals surface area contributed by atoms with Crippen molar-refractivity contribution in [2.75, 3.05) is 17.7 Å². The predicted octanol–water partition coefficient (Wildman–Crippen LogP) is 5.11. The number of rotatable bonds is 3. The molecule has 1 N–H and O–H groups in total. The Labute approximate surface area is 190 Å². The van der Waals surface area contributed by atoms with Crippen LogP contribution in [0.3, 0.4) is 0 Å². The van der Waals surface area contributed by atoms with Crippen molar-refractivity contribution >= 4 is 21.3 Å². The Balaban J connectivity index is 1.42. The van der Waals surface area contributed by atoms with Crippen molar-refractivity contribution in [1.29, 1.82) is 4.78 Å². The molecule has 1 heterocycles. The zero-order chi connectivity index (χ0) is 23.5. The van der Waals surface area contributed by atoms with Gasteiger partial charge in [0.05, 0.1) is 14.6 Å². The zero-order valence-electron chi connectivity index (χ0n) is 17.8. The molecule has 0 spiro atoms. The first kappa shape index (κ1) is 21.7. The molecule has 8 heteroatoms. The highest BCUT2D eigenvalue weighted by molar-refractivity contribution is 7.91. The van der Waals surface area contributed by atoms with Gasteiger partial charge in [-0.05, 0) is 71.8 Å². The third kappa shape index (κ3) is 3.82. The summed E-state index contributed by atoms with van der Waals surface area (Å²) < 4.78 is 62.1. The molecular weight excluding hydrogens is 449 g/mol. The summed E-state index contributed by atoms with van der Waals surface area (Å²) >= 11 is 0. The van der Waals surface area contributed by atoms with Gasteiger partial charge in [-0.15, -0.1) is 0 Å². The number of nitrogens with zero attached hydrogens (tertiary/aromatic N) is 1. The van der Waals surface area contributed by atoms with Crippen LogP contribution in [0, 0.1) is 28.1 Å². The van der Waals surface area contributed by atoms with E-state index in [4.69, 9.17) is 4.78 Å². The van der Waals surface area contributed by atoms with Crippen LogP contribution in [0.15, 0.2) is 53.4 Å². The molecule has 3 aromatic carbocycles. The van der Waals surface area contributed by atoms with Gasteiger partial charge in [0.2, 0.25) is 5.91 Å². The summed E-state index contributed by atoms with van der Waals surface area (Å²) in [6, 6.07) is 11.4. The minimum atomic E-state index is -3.27. The first-order valence-corrected chi connectivity index (χ1v) is 12.5. The predicted molar refractivity (Wildman–Crippen MR) is 120 cm³/mol. The third-order valence-corrected chi connectivity index (χ3v) is 7.59. The van der Waals surface area contributed by atoms with E-state index >= 15 is 0 Å². The number of anilines is 1. The Bertz CT molecular complexity index is 1420. The van der Waals surface area contributed by atoms with E-state index in [9.17, 15) is 22.2 Å². The van der Waals surface area contributed by atoms with Gasteiger partial charge in [-0.2, -0.15) is 0 Å². The normalized spacial score (nSPS) is 18.7. The third-order valence-electron chi connectivity index (χ3n) is 6.44. The number of benzene rings is 3. The molecule has 0 aromatic heterocycles. The lowest BCUT2D eigenvalue weighted by Gasteiger charge is -2.22. The lowest BCUT2D eigenvalue weighted by Crippen LogP contribution is -2.35. The van der Waals surface area contributed by atoms with Crippen LogP contribution in [0.1, 0.15) is 16.7 Å². The Morgan fingerprint density at radius 1 is 0.970 bits per heavy atom. The molecule has 1 aliphatic carbocycles. The Morgan fingerprint density at radius 2 is 1.73 bits per heavy atom. The molecule has 33 heavy (non-hydrogen) atoms. The van der Waals surface area contributed by atoms with E-state index in [1.165, 1.54) is 12.1 Å². The van der Waals surface area contributed by atoms with E-state index in [0.717, 1.165) is 35.6 Å². The van der Waals surface area contributed by atoms with E-state index in [0.29, 0.717) is 42.6 Å². The van der Waals surface area contributed by atoms with Crippen LogP contribution in [-0.4, -0.2) is 22.9 Å². The number of carbonyl (C=O) groups excluding carboxylic acids is 1. The summed E-state index contributed by atoms with van der Waals surface area (Å²) in [6.07, 6.45) is 2.63. The van der Waals surface area contributed by atoms with Gasteiger partial charge in [0.25, 0.3) is 0 Å². The zero-order valence-corrected chi connectivity index (χ0v) is 18.6. The van der Waals surface area contributed by atoms with Crippen molar-refractivity contribution < 1.29 is 22.2 Å². The van der Waals surface area contributed by atoms with Crippen molar-refractivity contribution in [2.24, 2.45) is 5.92 Å². The maximum absolute atomic E-state index is 14.3. The first-order valence-electron chi connectivity index (χ1n) is 10.6. The van der Waals surface area contributed by atoms with Gasteiger partial charge in [-0.3, -0.25) is 4.79 Å². The molecule has 0 saturated carbocycles. The van der Waals surface area contributed by atoms with Crippen molar-refractivity contribution in [3.8, 4) is 11.1 Å². The van der Waals surface area contributed by atoms with E-state index in [1.807, 2.05) is 6.07 Å². The molecule has 0 radical (unpaired) electrons. The number of hydrogen-bond acceptors (Lipinski definition) is 3. The summed E-state index contributed by atoms with van der Waals surface area (Å²) in [5, 5.41) is 0. The maximum Gasteiger partial charge on any atom is 0.230 e. The van der Waals surface area contributed by atoms with Gasteiger partial charge in [0.1, 0.15) is 17.5 Å². The van der Waals surface area contributed by atoms with Crippen molar-refractivity contribution in [3.05, 3.63) is 82.7 Å². The molecular formula is C25H21F3N2O2S. The number of carbonyl (C=O) groups is 1. The Kier molecular flexibility index (Phi) is 5.08. The highest BCUT2D eigenvalue weighted by Crippen LogP contribution is 2.37. The van der Waals surface area contributed by atoms with Gasteiger partial charge in [-0.25, -0.2) is 22.2 Å². The van der Waals surface area contributed by atoms with Crippen LogP contribution in [-0.2, 0) is 33.8 Å². The van der Waals surface area contributed by atoms with Crippen LogP contribution in [0.25, 0.3) is 11.1 Å². The summed E-state index contributed by atoms with van der Waals surface area (Å²) in [5.41, 5.74) is 3.80. The van der Waals surface area contributed by atoms with E-state index in [1.54, 1.807) is 17.0 Å². The molecule has 4 nitrogen and oxygen atoms in total. The van der Waals surface area contributed by atoms with E-state index in [2.05, 4.69) is 0 Å². The summed E-state index contributed by atoms with van der Waals surface area (Å²) in [4.78, 5) is 14.8. The first-order chi connectivity index (χ1) is 15.6. The smallest absolute Gasteiger partial charge is 0.230 e. The van der Waals surface area contributed by atoms with Crippen LogP contribution < -0.4 is 4.90 Å². The molecule has 1 amide bonds. The maximum atomic E-state index is 14.3. The van der Waals surface area contributed by atoms with Crippen molar-refractivity contribution in [2.45, 2.75) is 24.2 Å². The van der Waals surface area contributed by atoms with E-state index in [-0.39, 0.29) is 22.3 Å². The van der Waals surface area contributed by atoms with Crippen molar-refractivity contribution in [3.63, 3.8) is 0 Å². The molecule has 5 rings (SSSR count). The van der Waals surface area contributed by atoms with Crippen LogP contribution in [0.5, 0.6) is 0 Å². The lowest BCUT2D eigenvalue weighted by molar-refractivity contribution is -0.122. The number of halogens is 3. The van der Waals surface area contributed by atoms with Gasteiger partial charge in [-0.1, -0.05) is 18.2 Å². The van der Waals surface area contributed by atoms with Crippen LogP contribution in [0.2, 0.25) is 0 Å². The minimum absolute atomic E-state index is 0.117. The molecule has 0 saturated heterocycles. The quantitative estimate of drug-likeness (QED) is 0.578. The highest BCUT2D eigenvalue weighted by Gasteiger charge is 2.35. The Hall–Kier alpha value is -3.13. The topological polar surface area (TPSA) is 61.2 Å². The highest BCUT2D eigenvalue weighted by atomic mass is 32.2. The summed E-state index contributed by atoms with van der Waals surface area (Å²) in [5.74, 6) is -2.17.